The number of hydrogen-bond acceptors (Lipinski definition) is 6. The highest BCUT2D eigenvalue weighted by Gasteiger charge is 2.30. The van der Waals surface area contributed by atoms with Crippen LogP contribution in [0.15, 0.2) is 90.8 Å². The smallest absolute Gasteiger partial charge is 0.407 e. The summed E-state index contributed by atoms with van der Waals surface area (Å²) in [5.74, 6) is 0.0883. The highest BCUT2D eigenvalue weighted by atomic mass is 16.7. The van der Waals surface area contributed by atoms with E-state index in [1.165, 1.54) is 7.11 Å². The van der Waals surface area contributed by atoms with Crippen molar-refractivity contribution >= 4 is 12.0 Å². The standard InChI is InChI=1S/C29H29N3O5/c1-35-27-16-20(37-32-27)17-30-28(33)26(15-19-9-3-2-4-10-19)31-29(34)36-18-25-23-13-7-5-11-21(23)22-12-6-8-14-24(22)25/h2-14,16,20,25-26,32H,15,17-18H2,1H3,(H,30,33)(H,31,34)/t20?,26-/m0/s1. The Morgan fingerprint density at radius 1 is 0.946 bits per heavy atom. The van der Waals surface area contributed by atoms with E-state index >= 15 is 0 Å². The lowest BCUT2D eigenvalue weighted by atomic mass is 9.98. The molecule has 0 fully saturated rings. The van der Waals surface area contributed by atoms with E-state index in [-0.39, 0.29) is 31.1 Å². The second kappa shape index (κ2) is 11.2. The van der Waals surface area contributed by atoms with E-state index in [0.717, 1.165) is 27.8 Å². The number of alkyl carbamates (subject to hydrolysis) is 1. The number of methoxy groups -OCH3 is 1. The Hall–Kier alpha value is -4.30. The molecule has 1 aliphatic heterocycles. The SMILES string of the molecule is COC1=CC(CNC(=O)[C@H](Cc2ccccc2)NC(=O)OCC2c3ccccc3-c3ccccc32)ON1. The second-order valence-corrected chi connectivity index (χ2v) is 8.95. The summed E-state index contributed by atoms with van der Waals surface area (Å²) >= 11 is 0. The van der Waals surface area contributed by atoms with Crippen molar-refractivity contribution in [2.24, 2.45) is 0 Å². The third kappa shape index (κ3) is 5.59. The number of fused-ring (bicyclic) bond motifs is 3. The maximum Gasteiger partial charge on any atom is 0.407 e. The third-order valence-electron chi connectivity index (χ3n) is 6.58. The van der Waals surface area contributed by atoms with Crippen LogP contribution in [0, 0.1) is 0 Å². The van der Waals surface area contributed by atoms with E-state index in [9.17, 15) is 9.59 Å². The van der Waals surface area contributed by atoms with E-state index in [2.05, 4.69) is 40.4 Å². The van der Waals surface area contributed by atoms with Gasteiger partial charge in [0.05, 0.1) is 13.7 Å². The molecule has 5 rings (SSSR count). The van der Waals surface area contributed by atoms with Gasteiger partial charge in [0.2, 0.25) is 11.8 Å². The van der Waals surface area contributed by atoms with E-state index in [0.29, 0.717) is 12.3 Å². The van der Waals surface area contributed by atoms with E-state index in [1.54, 1.807) is 6.08 Å². The molecule has 3 aromatic rings. The summed E-state index contributed by atoms with van der Waals surface area (Å²) in [5.41, 5.74) is 8.12. The van der Waals surface area contributed by atoms with Gasteiger partial charge in [-0.1, -0.05) is 78.9 Å². The number of rotatable bonds is 9. The zero-order valence-corrected chi connectivity index (χ0v) is 20.5. The van der Waals surface area contributed by atoms with Crippen molar-refractivity contribution < 1.29 is 23.9 Å². The molecule has 8 heteroatoms. The van der Waals surface area contributed by atoms with Gasteiger partial charge in [-0.3, -0.25) is 9.63 Å². The average molecular weight is 500 g/mol. The molecule has 37 heavy (non-hydrogen) atoms. The molecule has 2 atom stereocenters. The van der Waals surface area contributed by atoms with Gasteiger partial charge in [-0.25, -0.2) is 10.3 Å². The van der Waals surface area contributed by atoms with Crippen molar-refractivity contribution in [1.29, 1.82) is 0 Å². The summed E-state index contributed by atoms with van der Waals surface area (Å²) in [7, 11) is 1.53. The molecule has 0 aromatic heterocycles. The Balaban J connectivity index is 1.24. The molecule has 0 saturated carbocycles. The zero-order valence-electron chi connectivity index (χ0n) is 20.5. The van der Waals surface area contributed by atoms with Crippen LogP contribution in [0.2, 0.25) is 0 Å². The molecule has 1 heterocycles. The van der Waals surface area contributed by atoms with Crippen molar-refractivity contribution in [2.75, 3.05) is 20.3 Å². The summed E-state index contributed by atoms with van der Waals surface area (Å²) in [6.07, 6.45) is 1.02. The number of hydrogen-bond donors (Lipinski definition) is 3. The summed E-state index contributed by atoms with van der Waals surface area (Å²) in [4.78, 5) is 31.3. The lowest BCUT2D eigenvalue weighted by Crippen LogP contribution is -2.49. The van der Waals surface area contributed by atoms with Crippen LogP contribution in [0.1, 0.15) is 22.6 Å². The van der Waals surface area contributed by atoms with Crippen LogP contribution in [-0.2, 0) is 25.5 Å². The molecule has 3 N–H and O–H groups in total. The minimum atomic E-state index is -0.821. The van der Waals surface area contributed by atoms with Gasteiger partial charge < -0.3 is 20.1 Å². The molecular formula is C29H29N3O5. The van der Waals surface area contributed by atoms with E-state index < -0.39 is 12.1 Å². The Morgan fingerprint density at radius 3 is 2.24 bits per heavy atom. The molecule has 2 amide bonds. The Bertz CT molecular complexity index is 1250. The van der Waals surface area contributed by atoms with Crippen LogP contribution in [0.3, 0.4) is 0 Å². The van der Waals surface area contributed by atoms with Crippen LogP contribution in [0.25, 0.3) is 11.1 Å². The van der Waals surface area contributed by atoms with Crippen LogP contribution in [-0.4, -0.2) is 44.4 Å². The fourth-order valence-electron chi connectivity index (χ4n) is 4.75. The lowest BCUT2D eigenvalue weighted by molar-refractivity contribution is -0.123. The number of amides is 2. The largest absolute Gasteiger partial charge is 0.481 e. The average Bonchev–Trinajstić information content (AvgIpc) is 3.53. The van der Waals surface area contributed by atoms with Crippen molar-refractivity contribution in [3.05, 3.63) is 108 Å². The summed E-state index contributed by atoms with van der Waals surface area (Å²) < 4.78 is 10.8. The number of ether oxygens (including phenoxy) is 2. The maximum atomic E-state index is 13.1. The normalized spacial score (nSPS) is 16.6. The fourth-order valence-corrected chi connectivity index (χ4v) is 4.75. The van der Waals surface area contributed by atoms with E-state index in [4.69, 9.17) is 14.3 Å². The molecule has 1 aliphatic carbocycles. The second-order valence-electron chi connectivity index (χ2n) is 8.95. The first-order valence-electron chi connectivity index (χ1n) is 12.2. The molecule has 3 aromatic carbocycles. The molecule has 0 bridgehead atoms. The molecule has 8 nitrogen and oxygen atoms in total. The first kappa shape index (κ1) is 24.4. The van der Waals surface area contributed by atoms with Crippen molar-refractivity contribution in [2.45, 2.75) is 24.5 Å². The predicted molar refractivity (Wildman–Crippen MR) is 138 cm³/mol. The molecule has 190 valence electrons. The lowest BCUT2D eigenvalue weighted by Gasteiger charge is -2.20. The number of carbonyl (C=O) groups is 2. The minimum absolute atomic E-state index is 0.0617. The molecular weight excluding hydrogens is 470 g/mol. The van der Waals surface area contributed by atoms with Crippen LogP contribution in [0.4, 0.5) is 4.79 Å². The van der Waals surface area contributed by atoms with Gasteiger partial charge in [0.25, 0.3) is 0 Å². The minimum Gasteiger partial charge on any atom is -0.481 e. The van der Waals surface area contributed by atoms with Crippen molar-refractivity contribution in [3.63, 3.8) is 0 Å². The molecule has 0 spiro atoms. The van der Waals surface area contributed by atoms with Gasteiger partial charge in [-0.15, -0.1) is 0 Å². The van der Waals surface area contributed by atoms with Gasteiger partial charge in [-0.2, -0.15) is 0 Å². The molecule has 0 saturated heterocycles. The zero-order chi connectivity index (χ0) is 25.6. The third-order valence-corrected chi connectivity index (χ3v) is 6.58. The summed E-state index contributed by atoms with van der Waals surface area (Å²) in [5, 5.41) is 5.61. The highest BCUT2D eigenvalue weighted by Crippen LogP contribution is 2.44. The maximum absolute atomic E-state index is 13.1. The molecule has 0 radical (unpaired) electrons. The summed E-state index contributed by atoms with van der Waals surface area (Å²) in [6, 6.07) is 25.0. The number of hydroxylamine groups is 1. The van der Waals surface area contributed by atoms with Crippen LogP contribution in [0.5, 0.6) is 0 Å². The quantitative estimate of drug-likeness (QED) is 0.416. The summed E-state index contributed by atoms with van der Waals surface area (Å²) in [6.45, 7) is 0.391. The first-order valence-corrected chi connectivity index (χ1v) is 12.2. The van der Waals surface area contributed by atoms with E-state index in [1.807, 2.05) is 54.6 Å². The monoisotopic (exact) mass is 499 g/mol. The number of nitrogens with one attached hydrogen (secondary N) is 3. The van der Waals surface area contributed by atoms with Gasteiger partial charge in [-0.05, 0) is 27.8 Å². The van der Waals surface area contributed by atoms with Crippen molar-refractivity contribution in [1.82, 2.24) is 16.1 Å². The number of benzene rings is 3. The van der Waals surface area contributed by atoms with Gasteiger partial charge >= 0.3 is 6.09 Å². The predicted octanol–water partition coefficient (Wildman–Crippen LogP) is 3.64. The van der Waals surface area contributed by atoms with Crippen LogP contribution < -0.4 is 16.1 Å². The van der Waals surface area contributed by atoms with Gasteiger partial charge in [0.1, 0.15) is 18.8 Å². The highest BCUT2D eigenvalue weighted by molar-refractivity contribution is 5.86. The number of carbonyl (C=O) groups excluding carboxylic acids is 2. The van der Waals surface area contributed by atoms with Crippen molar-refractivity contribution in [3.8, 4) is 11.1 Å². The van der Waals surface area contributed by atoms with Gasteiger partial charge in [0, 0.05) is 18.4 Å². The topological polar surface area (TPSA) is 97.9 Å². The Kier molecular flexibility index (Phi) is 7.37. The van der Waals surface area contributed by atoms with Crippen LogP contribution >= 0.6 is 0 Å². The van der Waals surface area contributed by atoms with Gasteiger partial charge in [0.15, 0.2) is 0 Å². The molecule has 2 aliphatic rings. The fraction of sp³-hybridized carbons (Fsp3) is 0.241. The Labute approximate surface area is 215 Å². The first-order chi connectivity index (χ1) is 18.1. The molecule has 1 unspecified atom stereocenters. The Morgan fingerprint density at radius 2 is 1.59 bits per heavy atom.